The molecule has 1 aliphatic rings. The van der Waals surface area contributed by atoms with Gasteiger partial charge in [-0.25, -0.2) is 9.66 Å². The van der Waals surface area contributed by atoms with Crippen molar-refractivity contribution >= 4 is 17.0 Å². The lowest BCUT2D eigenvalue weighted by atomic mass is 10.00. The molecule has 2 heterocycles. The number of rotatable bonds is 1. The minimum Gasteiger partial charge on any atom is -0.368 e. The molecule has 1 aliphatic heterocycles. The molecule has 1 aromatic carbocycles. The van der Waals surface area contributed by atoms with Crippen LogP contribution in [-0.4, -0.2) is 21.7 Å². The molecule has 0 saturated carbocycles. The number of fused-ring (bicyclic) bond motifs is 1. The van der Waals surface area contributed by atoms with Gasteiger partial charge >= 0.3 is 0 Å². The number of aryl methyl sites for hydroxylation is 1. The number of para-hydroxylation sites is 1. The van der Waals surface area contributed by atoms with E-state index in [0.717, 1.165) is 11.0 Å². The van der Waals surface area contributed by atoms with E-state index in [0.29, 0.717) is 18.0 Å². The third kappa shape index (κ3) is 1.86. The number of hydrogen-bond acceptors (Lipinski definition) is 3. The SMILES string of the molecule is Cc1cccc2nc(N)n(N3C(C)CCCC3C)c12. The zero-order valence-electron chi connectivity index (χ0n) is 11.9. The fourth-order valence-corrected chi connectivity index (χ4v) is 3.33. The molecule has 1 saturated heterocycles. The van der Waals surface area contributed by atoms with E-state index in [4.69, 9.17) is 5.73 Å². The Morgan fingerprint density at radius 2 is 1.89 bits per heavy atom. The van der Waals surface area contributed by atoms with Crippen molar-refractivity contribution in [2.75, 3.05) is 10.7 Å². The van der Waals surface area contributed by atoms with E-state index in [-0.39, 0.29) is 0 Å². The Hall–Kier alpha value is -1.71. The van der Waals surface area contributed by atoms with Gasteiger partial charge in [-0.05, 0) is 51.7 Å². The van der Waals surface area contributed by atoms with E-state index in [1.54, 1.807) is 0 Å². The topological polar surface area (TPSA) is 47.1 Å². The maximum atomic E-state index is 6.19. The van der Waals surface area contributed by atoms with E-state index >= 15 is 0 Å². The fraction of sp³-hybridized carbons (Fsp3) is 0.533. The highest BCUT2D eigenvalue weighted by Crippen LogP contribution is 2.28. The number of nitrogens with zero attached hydrogens (tertiary/aromatic N) is 3. The second-order valence-corrected chi connectivity index (χ2v) is 5.73. The van der Waals surface area contributed by atoms with Gasteiger partial charge in [-0.1, -0.05) is 12.1 Å². The molecule has 19 heavy (non-hydrogen) atoms. The van der Waals surface area contributed by atoms with E-state index in [2.05, 4.69) is 41.5 Å². The van der Waals surface area contributed by atoms with Crippen molar-refractivity contribution in [3.63, 3.8) is 0 Å². The summed E-state index contributed by atoms with van der Waals surface area (Å²) in [6.45, 7) is 6.68. The van der Waals surface area contributed by atoms with Crippen molar-refractivity contribution in [1.82, 2.24) is 9.66 Å². The predicted octanol–water partition coefficient (Wildman–Crippen LogP) is 2.83. The van der Waals surface area contributed by atoms with Crippen LogP contribution in [0.2, 0.25) is 0 Å². The smallest absolute Gasteiger partial charge is 0.220 e. The van der Waals surface area contributed by atoms with Crippen LogP contribution >= 0.6 is 0 Å². The molecule has 1 fully saturated rings. The molecular formula is C15H22N4. The maximum Gasteiger partial charge on any atom is 0.220 e. The zero-order chi connectivity index (χ0) is 13.6. The van der Waals surface area contributed by atoms with Gasteiger partial charge in [0.05, 0.1) is 11.0 Å². The van der Waals surface area contributed by atoms with Crippen molar-refractivity contribution in [3.8, 4) is 0 Å². The van der Waals surface area contributed by atoms with Crippen LogP contribution in [0.15, 0.2) is 18.2 Å². The first-order chi connectivity index (χ1) is 9.09. The highest BCUT2D eigenvalue weighted by atomic mass is 15.6. The highest BCUT2D eigenvalue weighted by molar-refractivity contribution is 5.82. The van der Waals surface area contributed by atoms with Gasteiger partial charge in [0.25, 0.3) is 0 Å². The van der Waals surface area contributed by atoms with Crippen molar-refractivity contribution in [1.29, 1.82) is 0 Å². The summed E-state index contributed by atoms with van der Waals surface area (Å²) in [7, 11) is 0. The maximum absolute atomic E-state index is 6.19. The summed E-state index contributed by atoms with van der Waals surface area (Å²) in [6.07, 6.45) is 3.73. The van der Waals surface area contributed by atoms with Gasteiger partial charge in [0.1, 0.15) is 0 Å². The molecule has 4 nitrogen and oxygen atoms in total. The molecule has 102 valence electrons. The molecule has 3 rings (SSSR count). The van der Waals surface area contributed by atoms with Crippen LogP contribution in [0.1, 0.15) is 38.7 Å². The fourth-order valence-electron chi connectivity index (χ4n) is 3.33. The average Bonchev–Trinajstić information content (AvgIpc) is 2.67. The highest BCUT2D eigenvalue weighted by Gasteiger charge is 2.28. The van der Waals surface area contributed by atoms with Crippen LogP contribution in [-0.2, 0) is 0 Å². The largest absolute Gasteiger partial charge is 0.368 e. The Morgan fingerprint density at radius 3 is 2.58 bits per heavy atom. The number of imidazole rings is 1. The number of benzene rings is 1. The average molecular weight is 258 g/mol. The van der Waals surface area contributed by atoms with E-state index in [9.17, 15) is 0 Å². The Morgan fingerprint density at radius 1 is 1.21 bits per heavy atom. The van der Waals surface area contributed by atoms with Gasteiger partial charge in [0, 0.05) is 12.1 Å². The van der Waals surface area contributed by atoms with Gasteiger partial charge in [-0.15, -0.1) is 0 Å². The first kappa shape index (κ1) is 12.3. The van der Waals surface area contributed by atoms with Crippen LogP contribution in [0, 0.1) is 6.92 Å². The second-order valence-electron chi connectivity index (χ2n) is 5.73. The summed E-state index contributed by atoms with van der Waals surface area (Å²) in [5.41, 5.74) is 9.56. The minimum atomic E-state index is 0.503. The predicted molar refractivity (Wildman–Crippen MR) is 79.9 cm³/mol. The lowest BCUT2D eigenvalue weighted by Crippen LogP contribution is -2.51. The number of anilines is 1. The monoisotopic (exact) mass is 258 g/mol. The van der Waals surface area contributed by atoms with Crippen molar-refractivity contribution in [2.45, 2.75) is 52.1 Å². The molecule has 2 unspecified atom stereocenters. The zero-order valence-corrected chi connectivity index (χ0v) is 11.9. The normalized spacial score (nSPS) is 24.1. The van der Waals surface area contributed by atoms with E-state index in [1.165, 1.54) is 24.8 Å². The van der Waals surface area contributed by atoms with Crippen molar-refractivity contribution in [2.24, 2.45) is 0 Å². The Bertz CT molecular complexity index is 591. The van der Waals surface area contributed by atoms with Crippen LogP contribution in [0.4, 0.5) is 5.95 Å². The number of nitrogens with two attached hydrogens (primary N) is 1. The van der Waals surface area contributed by atoms with E-state index < -0.39 is 0 Å². The Balaban J connectivity index is 2.21. The lowest BCUT2D eigenvalue weighted by molar-refractivity contribution is 0.343. The van der Waals surface area contributed by atoms with Gasteiger partial charge in [0.2, 0.25) is 5.95 Å². The molecule has 1 aromatic heterocycles. The number of piperidine rings is 1. The molecule has 2 atom stereocenters. The van der Waals surface area contributed by atoms with E-state index in [1.807, 2.05) is 12.1 Å². The molecule has 0 spiro atoms. The summed E-state index contributed by atoms with van der Waals surface area (Å²) >= 11 is 0. The van der Waals surface area contributed by atoms with Gasteiger partial charge in [-0.3, -0.25) is 0 Å². The summed E-state index contributed by atoms with van der Waals surface area (Å²) in [5.74, 6) is 0.602. The first-order valence-corrected chi connectivity index (χ1v) is 7.11. The minimum absolute atomic E-state index is 0.503. The second kappa shape index (κ2) is 4.44. The molecule has 2 aromatic rings. The molecule has 4 heteroatoms. The first-order valence-electron chi connectivity index (χ1n) is 7.11. The third-order valence-electron chi connectivity index (χ3n) is 4.26. The molecule has 0 bridgehead atoms. The summed E-state index contributed by atoms with van der Waals surface area (Å²) in [6, 6.07) is 7.21. The molecule has 0 aliphatic carbocycles. The standard InChI is InChI=1S/C15H22N4/c1-10-6-4-9-13-14(10)19(15(16)17-13)18-11(2)7-5-8-12(18)3/h4,6,9,11-12H,5,7-8H2,1-3H3,(H2,16,17). The van der Waals surface area contributed by atoms with Crippen LogP contribution in [0.3, 0.4) is 0 Å². The Labute approximate surface area is 114 Å². The van der Waals surface area contributed by atoms with Gasteiger partial charge in [0.15, 0.2) is 0 Å². The van der Waals surface area contributed by atoms with Crippen molar-refractivity contribution < 1.29 is 0 Å². The van der Waals surface area contributed by atoms with Crippen LogP contribution in [0.25, 0.3) is 11.0 Å². The van der Waals surface area contributed by atoms with Crippen LogP contribution in [0.5, 0.6) is 0 Å². The Kier molecular flexibility index (Phi) is 2.88. The summed E-state index contributed by atoms with van der Waals surface area (Å²) < 4.78 is 2.14. The molecular weight excluding hydrogens is 236 g/mol. The lowest BCUT2D eigenvalue weighted by Gasteiger charge is -2.41. The third-order valence-corrected chi connectivity index (χ3v) is 4.26. The van der Waals surface area contributed by atoms with Gasteiger partial charge < -0.3 is 10.7 Å². The summed E-state index contributed by atoms with van der Waals surface area (Å²) in [4.78, 5) is 4.52. The number of aromatic nitrogens is 2. The van der Waals surface area contributed by atoms with Gasteiger partial charge in [-0.2, -0.15) is 0 Å². The molecule has 2 N–H and O–H groups in total. The summed E-state index contributed by atoms with van der Waals surface area (Å²) in [5, 5.41) is 2.40. The molecule has 0 amide bonds. The number of nitrogen functional groups attached to an aromatic ring is 1. The quantitative estimate of drug-likeness (QED) is 0.855. The van der Waals surface area contributed by atoms with Crippen molar-refractivity contribution in [3.05, 3.63) is 23.8 Å². The van der Waals surface area contributed by atoms with Crippen LogP contribution < -0.4 is 10.7 Å². The molecule has 0 radical (unpaired) electrons. The number of hydrogen-bond donors (Lipinski definition) is 1.